The van der Waals surface area contributed by atoms with Crippen LogP contribution in [0, 0.1) is 0 Å². The molecule has 5 nitrogen and oxygen atoms in total. The minimum atomic E-state index is -0.727. The highest BCUT2D eigenvalue weighted by molar-refractivity contribution is 9.10. The van der Waals surface area contributed by atoms with Crippen LogP contribution in [0.1, 0.15) is 43.2 Å². The van der Waals surface area contributed by atoms with E-state index in [1.165, 1.54) is 6.42 Å². The number of hydrogen-bond acceptors (Lipinski definition) is 3. The Morgan fingerprint density at radius 3 is 2.32 bits per heavy atom. The fraction of sp³-hybridized carbons (Fsp3) is 0.333. The number of ether oxygens (including phenoxy) is 1. The van der Waals surface area contributed by atoms with E-state index >= 15 is 0 Å². The molecule has 38 heavy (non-hydrogen) atoms. The molecule has 0 heterocycles. The van der Waals surface area contributed by atoms with Crippen molar-refractivity contribution in [2.75, 3.05) is 6.61 Å². The summed E-state index contributed by atoms with van der Waals surface area (Å²) in [7, 11) is 0. The van der Waals surface area contributed by atoms with Crippen LogP contribution >= 0.6 is 39.1 Å². The van der Waals surface area contributed by atoms with Crippen molar-refractivity contribution in [1.29, 1.82) is 0 Å². The van der Waals surface area contributed by atoms with E-state index < -0.39 is 6.04 Å². The summed E-state index contributed by atoms with van der Waals surface area (Å²) < 4.78 is 6.74. The molecule has 0 unspecified atom stereocenters. The number of nitrogens with zero attached hydrogens (tertiary/aromatic N) is 1. The smallest absolute Gasteiger partial charge is 0.261 e. The molecule has 4 rings (SSSR count). The van der Waals surface area contributed by atoms with Gasteiger partial charge in [0.1, 0.15) is 11.8 Å². The maximum Gasteiger partial charge on any atom is 0.261 e. The third-order valence-electron chi connectivity index (χ3n) is 6.74. The van der Waals surface area contributed by atoms with Crippen LogP contribution < -0.4 is 10.1 Å². The van der Waals surface area contributed by atoms with E-state index in [2.05, 4.69) is 21.2 Å². The molecule has 0 aromatic heterocycles. The summed E-state index contributed by atoms with van der Waals surface area (Å²) in [6, 6.07) is 21.7. The van der Waals surface area contributed by atoms with Crippen LogP contribution in [0.3, 0.4) is 0 Å². The van der Waals surface area contributed by atoms with E-state index in [9.17, 15) is 9.59 Å². The Kier molecular flexibility index (Phi) is 10.5. The fourth-order valence-corrected chi connectivity index (χ4v) is 5.28. The Bertz CT molecular complexity index is 1220. The monoisotopic (exact) mass is 616 g/mol. The van der Waals surface area contributed by atoms with Gasteiger partial charge in [-0.1, -0.05) is 94.8 Å². The molecule has 0 aliphatic heterocycles. The van der Waals surface area contributed by atoms with Crippen molar-refractivity contribution in [2.24, 2.45) is 0 Å². The van der Waals surface area contributed by atoms with Gasteiger partial charge in [0.2, 0.25) is 5.91 Å². The predicted octanol–water partition coefficient (Wildman–Crippen LogP) is 7.22. The van der Waals surface area contributed by atoms with E-state index in [1.54, 1.807) is 29.2 Å². The van der Waals surface area contributed by atoms with Gasteiger partial charge in [0.25, 0.3) is 5.91 Å². The molecule has 3 aromatic rings. The third kappa shape index (κ3) is 8.23. The molecule has 3 aromatic carbocycles. The van der Waals surface area contributed by atoms with Crippen LogP contribution in [0.2, 0.25) is 10.0 Å². The highest BCUT2D eigenvalue weighted by Crippen LogP contribution is 2.25. The third-order valence-corrected chi connectivity index (χ3v) is 8.00. The van der Waals surface area contributed by atoms with Gasteiger partial charge in [0, 0.05) is 23.5 Å². The summed E-state index contributed by atoms with van der Waals surface area (Å²) >= 11 is 15.8. The minimum Gasteiger partial charge on any atom is -0.484 e. The molecule has 8 heteroatoms. The minimum absolute atomic E-state index is 0.121. The molecular formula is C30H31BrCl2N2O3. The first kappa shape index (κ1) is 28.5. The summed E-state index contributed by atoms with van der Waals surface area (Å²) in [5.41, 5.74) is 1.75. The summed E-state index contributed by atoms with van der Waals surface area (Å²) in [6.45, 7) is -0.0139. The van der Waals surface area contributed by atoms with Gasteiger partial charge in [-0.3, -0.25) is 9.59 Å². The van der Waals surface area contributed by atoms with Gasteiger partial charge in [0.05, 0.1) is 10.0 Å². The molecule has 0 spiro atoms. The van der Waals surface area contributed by atoms with Gasteiger partial charge in [0.15, 0.2) is 6.61 Å². The number of carbonyl (C=O) groups is 2. The van der Waals surface area contributed by atoms with Crippen LogP contribution in [0.25, 0.3) is 0 Å². The zero-order chi connectivity index (χ0) is 26.9. The maximum absolute atomic E-state index is 13.8. The van der Waals surface area contributed by atoms with Crippen molar-refractivity contribution in [1.82, 2.24) is 10.2 Å². The summed E-state index contributed by atoms with van der Waals surface area (Å²) in [4.78, 5) is 29.1. The van der Waals surface area contributed by atoms with Gasteiger partial charge in [-0.2, -0.15) is 0 Å². The predicted molar refractivity (Wildman–Crippen MR) is 156 cm³/mol. The fourth-order valence-electron chi connectivity index (χ4n) is 4.69. The molecular weight excluding hydrogens is 587 g/mol. The van der Waals surface area contributed by atoms with Crippen LogP contribution in [0.4, 0.5) is 0 Å². The van der Waals surface area contributed by atoms with Gasteiger partial charge < -0.3 is 15.0 Å². The van der Waals surface area contributed by atoms with E-state index in [0.29, 0.717) is 22.2 Å². The first-order valence-electron chi connectivity index (χ1n) is 12.8. The van der Waals surface area contributed by atoms with Gasteiger partial charge >= 0.3 is 0 Å². The first-order valence-corrected chi connectivity index (χ1v) is 14.4. The molecule has 0 radical (unpaired) electrons. The summed E-state index contributed by atoms with van der Waals surface area (Å²) in [6.07, 6.45) is 5.68. The largest absolute Gasteiger partial charge is 0.484 e. The number of carbonyl (C=O) groups excluding carboxylic acids is 2. The summed E-state index contributed by atoms with van der Waals surface area (Å²) in [5.74, 6) is 0.124. The highest BCUT2D eigenvalue weighted by atomic mass is 79.9. The van der Waals surface area contributed by atoms with Crippen LogP contribution in [-0.4, -0.2) is 35.4 Å². The zero-order valence-electron chi connectivity index (χ0n) is 21.0. The van der Waals surface area contributed by atoms with Crippen LogP contribution in [-0.2, 0) is 22.6 Å². The number of benzene rings is 3. The molecule has 0 saturated heterocycles. The van der Waals surface area contributed by atoms with Crippen molar-refractivity contribution in [3.05, 3.63) is 98.4 Å². The van der Waals surface area contributed by atoms with Gasteiger partial charge in [-0.15, -0.1) is 0 Å². The average molecular weight is 618 g/mol. The first-order chi connectivity index (χ1) is 18.4. The molecule has 2 amide bonds. The number of amides is 2. The average Bonchev–Trinajstić information content (AvgIpc) is 2.93. The van der Waals surface area contributed by atoms with E-state index in [-0.39, 0.29) is 31.0 Å². The van der Waals surface area contributed by atoms with Crippen LogP contribution in [0.15, 0.2) is 77.3 Å². The highest BCUT2D eigenvalue weighted by Gasteiger charge is 2.32. The van der Waals surface area contributed by atoms with Crippen molar-refractivity contribution in [3.63, 3.8) is 0 Å². The molecule has 200 valence electrons. The lowest BCUT2D eigenvalue weighted by atomic mass is 9.94. The molecule has 1 aliphatic rings. The Labute approximate surface area is 242 Å². The van der Waals surface area contributed by atoms with Crippen molar-refractivity contribution < 1.29 is 14.3 Å². The second-order valence-electron chi connectivity index (χ2n) is 9.56. The molecule has 1 saturated carbocycles. The number of hydrogen-bond donors (Lipinski definition) is 1. The second kappa shape index (κ2) is 14.0. The Balaban J connectivity index is 1.62. The summed E-state index contributed by atoms with van der Waals surface area (Å²) in [5, 5.41) is 4.07. The molecule has 1 N–H and O–H groups in total. The van der Waals surface area contributed by atoms with Crippen LogP contribution in [0.5, 0.6) is 5.75 Å². The van der Waals surface area contributed by atoms with E-state index in [0.717, 1.165) is 41.3 Å². The topological polar surface area (TPSA) is 58.6 Å². The number of halogens is 3. The quantitative estimate of drug-likeness (QED) is 0.261. The lowest BCUT2D eigenvalue weighted by Gasteiger charge is -2.33. The Morgan fingerprint density at radius 1 is 0.921 bits per heavy atom. The molecule has 1 atom stereocenters. The van der Waals surface area contributed by atoms with Crippen molar-refractivity contribution >= 4 is 50.9 Å². The van der Waals surface area contributed by atoms with E-state index in [4.69, 9.17) is 27.9 Å². The Morgan fingerprint density at radius 2 is 1.63 bits per heavy atom. The zero-order valence-corrected chi connectivity index (χ0v) is 24.1. The Hall–Kier alpha value is -2.54. The lowest BCUT2D eigenvalue weighted by molar-refractivity contribution is -0.143. The van der Waals surface area contributed by atoms with Crippen molar-refractivity contribution in [2.45, 2.75) is 57.2 Å². The van der Waals surface area contributed by atoms with Gasteiger partial charge in [-0.25, -0.2) is 0 Å². The van der Waals surface area contributed by atoms with Crippen molar-refractivity contribution in [3.8, 4) is 5.75 Å². The molecule has 1 aliphatic carbocycles. The maximum atomic E-state index is 13.8. The van der Waals surface area contributed by atoms with Gasteiger partial charge in [-0.05, 0) is 60.4 Å². The second-order valence-corrected chi connectivity index (χ2v) is 11.3. The molecule has 1 fully saturated rings. The lowest BCUT2D eigenvalue weighted by Crippen LogP contribution is -2.53. The van der Waals surface area contributed by atoms with E-state index in [1.807, 2.05) is 48.5 Å². The normalized spacial score (nSPS) is 14.5. The SMILES string of the molecule is O=C(NC1CCCCC1)[C@H](Cc1ccccc1)N(Cc1ccc(Cl)c(Cl)c1)C(=O)COc1ccc(Br)cc1. The number of nitrogens with one attached hydrogen (secondary N) is 1. The standard InChI is InChI=1S/C30H31BrCl2N2O3/c31-23-12-14-25(15-13-23)38-20-29(36)35(19-22-11-16-26(32)27(33)17-22)28(18-21-7-3-1-4-8-21)30(37)34-24-9-5-2-6-10-24/h1,3-4,7-8,11-17,24,28H,2,5-6,9-10,18-20H2,(H,34,37)/t28-/m0/s1. The molecule has 0 bridgehead atoms. The number of rotatable bonds is 10.